The van der Waals surface area contributed by atoms with Crippen LogP contribution in [0.1, 0.15) is 58.9 Å². The number of H-pyrrole nitrogens is 1. The Hall–Kier alpha value is -3.48. The van der Waals surface area contributed by atoms with Crippen LogP contribution in [0, 0.1) is 5.82 Å². The Morgan fingerprint density at radius 3 is 2.67 bits per heavy atom. The van der Waals surface area contributed by atoms with Gasteiger partial charge in [-0.3, -0.25) is 4.79 Å². The molecule has 0 bridgehead atoms. The van der Waals surface area contributed by atoms with E-state index in [0.29, 0.717) is 24.7 Å². The topological polar surface area (TPSA) is 66.8 Å². The molecule has 6 rings (SSSR count). The number of carbonyl (C=O) groups is 1. The van der Waals surface area contributed by atoms with Crippen molar-refractivity contribution in [3.63, 3.8) is 0 Å². The van der Waals surface area contributed by atoms with Crippen molar-refractivity contribution in [3.05, 3.63) is 77.1 Å². The highest BCUT2D eigenvalue weighted by Crippen LogP contribution is 2.34. The van der Waals surface area contributed by atoms with Crippen LogP contribution in [0.4, 0.5) is 4.39 Å². The Morgan fingerprint density at radius 1 is 1.06 bits per heavy atom. The third-order valence-corrected chi connectivity index (χ3v) is 7.16. The molecule has 1 aliphatic heterocycles. The van der Waals surface area contributed by atoms with Crippen molar-refractivity contribution in [1.29, 1.82) is 0 Å². The van der Waals surface area contributed by atoms with Crippen LogP contribution in [0.25, 0.3) is 16.7 Å². The number of halogens is 1. The van der Waals surface area contributed by atoms with Crippen molar-refractivity contribution in [2.24, 2.45) is 0 Å². The molecular weight excluding hydrogens is 417 g/mol. The fourth-order valence-electron chi connectivity index (χ4n) is 5.42. The van der Waals surface area contributed by atoms with Crippen molar-refractivity contribution in [2.45, 2.75) is 44.4 Å². The van der Waals surface area contributed by atoms with Crippen LogP contribution in [-0.2, 0) is 12.8 Å². The van der Waals surface area contributed by atoms with Gasteiger partial charge in [-0.25, -0.2) is 14.1 Å². The number of carbonyl (C=O) groups excluding carboxylic acids is 1. The van der Waals surface area contributed by atoms with E-state index in [4.69, 9.17) is 5.10 Å². The van der Waals surface area contributed by atoms with Gasteiger partial charge in [0.25, 0.3) is 5.91 Å². The molecule has 6 nitrogen and oxygen atoms in total. The molecule has 33 heavy (non-hydrogen) atoms. The highest BCUT2D eigenvalue weighted by atomic mass is 19.1. The molecule has 4 aromatic rings. The lowest BCUT2D eigenvalue weighted by atomic mass is 9.89. The molecule has 168 valence electrons. The van der Waals surface area contributed by atoms with Crippen molar-refractivity contribution < 1.29 is 9.18 Å². The minimum Gasteiger partial charge on any atom is -0.346 e. The lowest BCUT2D eigenvalue weighted by Crippen LogP contribution is -2.38. The third-order valence-electron chi connectivity index (χ3n) is 7.16. The van der Waals surface area contributed by atoms with E-state index >= 15 is 0 Å². The van der Waals surface area contributed by atoms with Gasteiger partial charge in [-0.05, 0) is 86.4 Å². The summed E-state index contributed by atoms with van der Waals surface area (Å²) in [5.41, 5.74) is 5.76. The van der Waals surface area contributed by atoms with E-state index in [9.17, 15) is 9.18 Å². The lowest BCUT2D eigenvalue weighted by Gasteiger charge is -2.31. The van der Waals surface area contributed by atoms with E-state index in [2.05, 4.69) is 22.2 Å². The first-order valence-electron chi connectivity index (χ1n) is 11.8. The summed E-state index contributed by atoms with van der Waals surface area (Å²) in [6.45, 7) is 1.43. The van der Waals surface area contributed by atoms with Gasteiger partial charge in [0.1, 0.15) is 11.5 Å². The minimum absolute atomic E-state index is 0.0213. The number of hydrogen-bond donors (Lipinski definition) is 1. The second kappa shape index (κ2) is 8.14. The Balaban J connectivity index is 1.24. The molecular formula is C26H26FN5O. The van der Waals surface area contributed by atoms with Gasteiger partial charge < -0.3 is 9.88 Å². The molecule has 2 aliphatic rings. The Kier molecular flexibility index (Phi) is 4.97. The molecule has 1 aromatic carbocycles. The van der Waals surface area contributed by atoms with Crippen LogP contribution in [-0.4, -0.2) is 43.6 Å². The van der Waals surface area contributed by atoms with Gasteiger partial charge in [-0.15, -0.1) is 0 Å². The van der Waals surface area contributed by atoms with Crippen molar-refractivity contribution in [2.75, 3.05) is 13.1 Å². The third kappa shape index (κ3) is 3.52. The molecule has 1 amide bonds. The van der Waals surface area contributed by atoms with Gasteiger partial charge in [-0.1, -0.05) is 0 Å². The Bertz CT molecular complexity index is 1310. The molecule has 3 aromatic heterocycles. The number of nitrogens with zero attached hydrogens (tertiary/aromatic N) is 4. The molecule has 0 saturated carbocycles. The van der Waals surface area contributed by atoms with E-state index in [1.54, 1.807) is 18.3 Å². The first-order chi connectivity index (χ1) is 16.2. The number of aromatic amines is 1. The zero-order valence-electron chi connectivity index (χ0n) is 18.4. The van der Waals surface area contributed by atoms with E-state index in [1.807, 2.05) is 15.6 Å². The summed E-state index contributed by atoms with van der Waals surface area (Å²) < 4.78 is 15.3. The molecule has 0 spiro atoms. The van der Waals surface area contributed by atoms with E-state index in [1.165, 1.54) is 23.1 Å². The summed E-state index contributed by atoms with van der Waals surface area (Å²) in [6.07, 6.45) is 9.64. The quantitative estimate of drug-likeness (QED) is 0.495. The maximum atomic E-state index is 13.5. The minimum atomic E-state index is -0.273. The van der Waals surface area contributed by atoms with Gasteiger partial charge in [0.05, 0.1) is 5.69 Å². The van der Waals surface area contributed by atoms with Gasteiger partial charge in [0.2, 0.25) is 0 Å². The number of piperidine rings is 1. The molecule has 1 fully saturated rings. The van der Waals surface area contributed by atoms with E-state index in [0.717, 1.165) is 61.1 Å². The molecule has 0 atom stereocenters. The van der Waals surface area contributed by atoms with Gasteiger partial charge in [0, 0.05) is 42.1 Å². The Morgan fingerprint density at radius 2 is 1.85 bits per heavy atom. The first kappa shape index (κ1) is 20.1. The molecule has 1 aliphatic carbocycles. The van der Waals surface area contributed by atoms with Crippen molar-refractivity contribution in [3.8, 4) is 5.69 Å². The van der Waals surface area contributed by atoms with Crippen LogP contribution in [0.5, 0.6) is 0 Å². The standard InChI is InChI=1S/C26H26FN5O/c27-18-7-9-19(10-8-18)32-23-6-2-1-4-21(23)24(30-32)26(33)31-14-11-17(12-15-31)22-16-29-25-20(22)5-3-13-28-25/h3,5,7-10,13,16-17H,1-2,4,6,11-12,14-15H2,(H,28,29). The van der Waals surface area contributed by atoms with Crippen LogP contribution in [0.2, 0.25) is 0 Å². The number of likely N-dealkylation sites (tertiary alicyclic amines) is 1. The van der Waals surface area contributed by atoms with Crippen molar-refractivity contribution >= 4 is 16.9 Å². The number of nitrogens with one attached hydrogen (secondary N) is 1. The second-order valence-electron chi connectivity index (χ2n) is 9.08. The number of amides is 1. The van der Waals surface area contributed by atoms with Crippen LogP contribution in [0.15, 0.2) is 48.8 Å². The summed E-state index contributed by atoms with van der Waals surface area (Å²) in [6, 6.07) is 10.4. The summed E-state index contributed by atoms with van der Waals surface area (Å²) >= 11 is 0. The molecule has 0 radical (unpaired) electrons. The van der Waals surface area contributed by atoms with Crippen LogP contribution in [0.3, 0.4) is 0 Å². The Labute approximate surface area is 191 Å². The van der Waals surface area contributed by atoms with Crippen LogP contribution >= 0.6 is 0 Å². The van der Waals surface area contributed by atoms with E-state index in [-0.39, 0.29) is 11.7 Å². The average Bonchev–Trinajstić information content (AvgIpc) is 3.47. The fraction of sp³-hybridized carbons (Fsp3) is 0.346. The summed E-state index contributed by atoms with van der Waals surface area (Å²) in [5.74, 6) is 0.163. The predicted molar refractivity (Wildman–Crippen MR) is 124 cm³/mol. The van der Waals surface area contributed by atoms with Gasteiger partial charge in [-0.2, -0.15) is 5.10 Å². The summed E-state index contributed by atoms with van der Waals surface area (Å²) in [5, 5.41) is 5.94. The summed E-state index contributed by atoms with van der Waals surface area (Å²) in [4.78, 5) is 23.2. The normalized spacial score (nSPS) is 16.8. The first-order valence-corrected chi connectivity index (χ1v) is 11.8. The molecule has 1 N–H and O–H groups in total. The summed E-state index contributed by atoms with van der Waals surface area (Å²) in [7, 11) is 0. The molecule has 1 saturated heterocycles. The zero-order valence-corrected chi connectivity index (χ0v) is 18.4. The number of pyridine rings is 1. The zero-order chi connectivity index (χ0) is 22.4. The number of rotatable bonds is 3. The number of aromatic nitrogens is 4. The molecule has 7 heteroatoms. The fourth-order valence-corrected chi connectivity index (χ4v) is 5.42. The monoisotopic (exact) mass is 443 g/mol. The maximum absolute atomic E-state index is 13.5. The molecule has 4 heterocycles. The largest absolute Gasteiger partial charge is 0.346 e. The number of fused-ring (bicyclic) bond motifs is 2. The van der Waals surface area contributed by atoms with Gasteiger partial charge >= 0.3 is 0 Å². The molecule has 0 unspecified atom stereocenters. The van der Waals surface area contributed by atoms with Gasteiger partial charge in [0.15, 0.2) is 5.69 Å². The highest BCUT2D eigenvalue weighted by Gasteiger charge is 2.31. The lowest BCUT2D eigenvalue weighted by molar-refractivity contribution is 0.0705. The van der Waals surface area contributed by atoms with E-state index < -0.39 is 0 Å². The SMILES string of the molecule is O=C(c1nn(-c2ccc(F)cc2)c2c1CCCC2)N1CCC(c2c[nH]c3ncccc23)CC1. The smallest absolute Gasteiger partial charge is 0.274 e. The van der Waals surface area contributed by atoms with Crippen LogP contribution < -0.4 is 0 Å². The number of hydrogen-bond acceptors (Lipinski definition) is 3. The number of benzene rings is 1. The second-order valence-corrected chi connectivity index (χ2v) is 9.08. The maximum Gasteiger partial charge on any atom is 0.274 e. The predicted octanol–water partition coefficient (Wildman–Crippen LogP) is 4.79. The highest BCUT2D eigenvalue weighted by molar-refractivity contribution is 5.94. The van der Waals surface area contributed by atoms with Crippen molar-refractivity contribution in [1.82, 2.24) is 24.6 Å². The average molecular weight is 444 g/mol.